The van der Waals surface area contributed by atoms with Crippen molar-refractivity contribution < 1.29 is 9.47 Å². The Balaban J connectivity index is 0.00000169. The van der Waals surface area contributed by atoms with Crippen LogP contribution in [0.15, 0.2) is 42.5 Å². The number of aryl methyl sites for hydroxylation is 1. The summed E-state index contributed by atoms with van der Waals surface area (Å²) >= 11 is 0. The summed E-state index contributed by atoms with van der Waals surface area (Å²) in [6, 6.07) is 15.2. The van der Waals surface area contributed by atoms with Crippen molar-refractivity contribution in [2.75, 3.05) is 32.6 Å². The number of methoxy groups -OCH3 is 2. The van der Waals surface area contributed by atoms with Gasteiger partial charge in [-0.15, -0.1) is 24.8 Å². The molecule has 0 saturated heterocycles. The molecule has 1 unspecified atom stereocenters. The molecular weight excluding hydrogens is 371 g/mol. The van der Waals surface area contributed by atoms with Gasteiger partial charge >= 0.3 is 0 Å². The van der Waals surface area contributed by atoms with Gasteiger partial charge in [0.15, 0.2) is 11.5 Å². The van der Waals surface area contributed by atoms with E-state index in [1.54, 1.807) is 14.2 Å². The van der Waals surface area contributed by atoms with Crippen LogP contribution < -0.4 is 20.1 Å². The normalized spacial score (nSPS) is 14.9. The van der Waals surface area contributed by atoms with Gasteiger partial charge in [0, 0.05) is 18.3 Å². The number of halogens is 2. The second kappa shape index (κ2) is 11.2. The molecular formula is C20H28Cl2N2O2. The third-order valence-electron chi connectivity index (χ3n) is 4.57. The van der Waals surface area contributed by atoms with Crippen LogP contribution in [0, 0.1) is 0 Å². The quantitative estimate of drug-likeness (QED) is 0.688. The third kappa shape index (κ3) is 5.70. The molecule has 2 aromatic rings. The van der Waals surface area contributed by atoms with Crippen LogP contribution in [0.25, 0.3) is 0 Å². The molecule has 1 aliphatic heterocycles. The van der Waals surface area contributed by atoms with Crippen LogP contribution in [0.4, 0.5) is 5.69 Å². The first kappa shape index (κ1) is 22.4. The van der Waals surface area contributed by atoms with Crippen LogP contribution in [0.1, 0.15) is 17.5 Å². The summed E-state index contributed by atoms with van der Waals surface area (Å²) < 4.78 is 10.6. The number of para-hydroxylation sites is 1. The van der Waals surface area contributed by atoms with Crippen molar-refractivity contribution in [2.45, 2.75) is 25.3 Å². The molecule has 4 nitrogen and oxygen atoms in total. The zero-order valence-corrected chi connectivity index (χ0v) is 16.9. The molecule has 0 amide bonds. The molecule has 6 heteroatoms. The first-order valence-electron chi connectivity index (χ1n) is 8.56. The molecule has 1 aliphatic rings. The van der Waals surface area contributed by atoms with E-state index in [0.29, 0.717) is 6.04 Å². The van der Waals surface area contributed by atoms with E-state index < -0.39 is 0 Å². The smallest absolute Gasteiger partial charge is 0.160 e. The molecule has 1 atom stereocenters. The van der Waals surface area contributed by atoms with E-state index in [2.05, 4.69) is 47.0 Å². The minimum atomic E-state index is 0. The van der Waals surface area contributed by atoms with Crippen molar-refractivity contribution in [3.8, 4) is 11.5 Å². The molecule has 0 saturated carbocycles. The monoisotopic (exact) mass is 398 g/mol. The predicted molar refractivity (Wildman–Crippen MR) is 113 cm³/mol. The molecule has 26 heavy (non-hydrogen) atoms. The Bertz CT molecular complexity index is 683. The van der Waals surface area contributed by atoms with Gasteiger partial charge in [0.05, 0.1) is 14.2 Å². The number of rotatable bonds is 7. The van der Waals surface area contributed by atoms with Crippen molar-refractivity contribution in [1.82, 2.24) is 5.32 Å². The maximum absolute atomic E-state index is 5.36. The lowest BCUT2D eigenvalue weighted by Gasteiger charge is -2.27. The fourth-order valence-corrected chi connectivity index (χ4v) is 3.20. The first-order chi connectivity index (χ1) is 11.8. The summed E-state index contributed by atoms with van der Waals surface area (Å²) in [6.45, 7) is 1.94. The molecule has 0 aromatic heterocycles. The van der Waals surface area contributed by atoms with Gasteiger partial charge in [0.2, 0.25) is 0 Å². The minimum Gasteiger partial charge on any atom is -0.493 e. The number of ether oxygens (including phenoxy) is 2. The highest BCUT2D eigenvalue weighted by atomic mass is 35.5. The first-order valence-corrected chi connectivity index (χ1v) is 8.56. The molecule has 2 N–H and O–H groups in total. The fraction of sp³-hybridized carbons (Fsp3) is 0.400. The van der Waals surface area contributed by atoms with E-state index in [9.17, 15) is 0 Å². The van der Waals surface area contributed by atoms with Crippen molar-refractivity contribution in [2.24, 2.45) is 0 Å². The van der Waals surface area contributed by atoms with E-state index in [-0.39, 0.29) is 24.8 Å². The zero-order valence-electron chi connectivity index (χ0n) is 15.3. The fourth-order valence-electron chi connectivity index (χ4n) is 3.20. The summed E-state index contributed by atoms with van der Waals surface area (Å²) in [5, 5.41) is 7.20. The summed E-state index contributed by atoms with van der Waals surface area (Å²) in [6.07, 6.45) is 3.31. The molecule has 0 fully saturated rings. The second-order valence-electron chi connectivity index (χ2n) is 6.18. The number of fused-ring (bicyclic) bond motifs is 1. The largest absolute Gasteiger partial charge is 0.493 e. The summed E-state index contributed by atoms with van der Waals surface area (Å²) in [7, 11) is 3.33. The zero-order chi connectivity index (χ0) is 16.8. The SMILES string of the molecule is COc1ccc(CCNCC2CCc3ccccc3N2)cc1OC.Cl.Cl. The van der Waals surface area contributed by atoms with Crippen molar-refractivity contribution in [1.29, 1.82) is 0 Å². The van der Waals surface area contributed by atoms with Crippen LogP contribution in [-0.2, 0) is 12.8 Å². The van der Waals surface area contributed by atoms with Gasteiger partial charge < -0.3 is 20.1 Å². The molecule has 0 radical (unpaired) electrons. The minimum absolute atomic E-state index is 0. The van der Waals surface area contributed by atoms with Crippen LogP contribution in [0.3, 0.4) is 0 Å². The van der Waals surface area contributed by atoms with Crippen LogP contribution in [0.2, 0.25) is 0 Å². The summed E-state index contributed by atoms with van der Waals surface area (Å²) in [5.74, 6) is 1.57. The molecule has 0 spiro atoms. The number of anilines is 1. The molecule has 144 valence electrons. The van der Waals surface area contributed by atoms with Gasteiger partial charge in [0.25, 0.3) is 0 Å². The molecule has 0 bridgehead atoms. The van der Waals surface area contributed by atoms with Crippen molar-refractivity contribution >= 4 is 30.5 Å². The lowest BCUT2D eigenvalue weighted by atomic mass is 9.98. The summed E-state index contributed by atoms with van der Waals surface area (Å²) in [4.78, 5) is 0. The van der Waals surface area contributed by atoms with Gasteiger partial charge in [-0.1, -0.05) is 24.3 Å². The average Bonchev–Trinajstić information content (AvgIpc) is 2.65. The van der Waals surface area contributed by atoms with E-state index >= 15 is 0 Å². The van der Waals surface area contributed by atoms with Crippen LogP contribution in [0.5, 0.6) is 11.5 Å². The Labute approximate surface area is 168 Å². The summed E-state index contributed by atoms with van der Waals surface area (Å²) in [5.41, 5.74) is 3.97. The Morgan fingerprint density at radius 1 is 1.04 bits per heavy atom. The lowest BCUT2D eigenvalue weighted by molar-refractivity contribution is 0.354. The maximum atomic E-state index is 5.36. The van der Waals surface area contributed by atoms with Crippen LogP contribution in [-0.4, -0.2) is 33.4 Å². The highest BCUT2D eigenvalue weighted by Crippen LogP contribution is 2.27. The maximum Gasteiger partial charge on any atom is 0.160 e. The molecule has 1 heterocycles. The number of benzene rings is 2. The molecule has 2 aromatic carbocycles. The van der Waals surface area contributed by atoms with Crippen molar-refractivity contribution in [3.05, 3.63) is 53.6 Å². The Hall–Kier alpha value is -1.62. The van der Waals surface area contributed by atoms with Gasteiger partial charge in [-0.3, -0.25) is 0 Å². The third-order valence-corrected chi connectivity index (χ3v) is 4.57. The number of hydrogen-bond donors (Lipinski definition) is 2. The Morgan fingerprint density at radius 3 is 2.58 bits per heavy atom. The predicted octanol–water partition coefficient (Wildman–Crippen LogP) is 4.11. The van der Waals surface area contributed by atoms with E-state index in [0.717, 1.165) is 37.4 Å². The van der Waals surface area contributed by atoms with Gasteiger partial charge in [0.1, 0.15) is 0 Å². The van der Waals surface area contributed by atoms with E-state index in [1.165, 1.54) is 23.2 Å². The van der Waals surface area contributed by atoms with Gasteiger partial charge in [-0.05, 0) is 55.1 Å². The highest BCUT2D eigenvalue weighted by Gasteiger charge is 2.16. The van der Waals surface area contributed by atoms with Gasteiger partial charge in [-0.25, -0.2) is 0 Å². The Morgan fingerprint density at radius 2 is 1.81 bits per heavy atom. The lowest BCUT2D eigenvalue weighted by Crippen LogP contribution is -2.36. The van der Waals surface area contributed by atoms with Crippen LogP contribution >= 0.6 is 24.8 Å². The van der Waals surface area contributed by atoms with E-state index in [4.69, 9.17) is 9.47 Å². The standard InChI is InChI=1S/C20H26N2O2.2ClH/c1-23-19-10-7-15(13-20(19)24-2)11-12-21-14-17-9-8-16-5-3-4-6-18(16)22-17;;/h3-7,10,13,17,21-22H,8-9,11-12,14H2,1-2H3;2*1H. The number of hydrogen-bond acceptors (Lipinski definition) is 4. The molecule has 0 aliphatic carbocycles. The second-order valence-corrected chi connectivity index (χ2v) is 6.18. The van der Waals surface area contributed by atoms with E-state index in [1.807, 2.05) is 6.07 Å². The number of nitrogens with one attached hydrogen (secondary N) is 2. The average molecular weight is 399 g/mol. The Kier molecular flexibility index (Phi) is 9.63. The van der Waals surface area contributed by atoms with Gasteiger partial charge in [-0.2, -0.15) is 0 Å². The topological polar surface area (TPSA) is 42.5 Å². The molecule has 3 rings (SSSR count). The highest BCUT2D eigenvalue weighted by molar-refractivity contribution is 5.85. The van der Waals surface area contributed by atoms with Crippen molar-refractivity contribution in [3.63, 3.8) is 0 Å².